The minimum absolute atomic E-state index is 0.0113. The summed E-state index contributed by atoms with van der Waals surface area (Å²) >= 11 is 0. The first-order valence-electron chi connectivity index (χ1n) is 13.1. The number of likely N-dealkylation sites (tertiary alicyclic amines) is 2. The molecular weight excluding hydrogens is 506 g/mol. The quantitative estimate of drug-likeness (QED) is 0.531. The molecule has 8 nitrogen and oxygen atoms in total. The number of hydrogen-bond acceptors (Lipinski definition) is 6. The molecule has 3 N–H and O–H groups in total. The van der Waals surface area contributed by atoms with Crippen molar-refractivity contribution in [1.29, 1.82) is 5.26 Å². The van der Waals surface area contributed by atoms with Crippen LogP contribution in [0.15, 0.2) is 36.4 Å². The fourth-order valence-electron chi connectivity index (χ4n) is 5.33. The SMILES string of the molecule is CC(C)(F)CN1CCC(COc2ccc(-c3ccc(C(=O)N4CC(O)CC4C(N)=O)c(F)c3)c(C#N)c2)CC1. The van der Waals surface area contributed by atoms with Crippen LogP contribution < -0.4 is 10.5 Å². The molecule has 0 saturated carbocycles. The molecule has 2 fully saturated rings. The van der Waals surface area contributed by atoms with Crippen molar-refractivity contribution in [2.45, 2.75) is 50.9 Å². The molecule has 2 saturated heterocycles. The van der Waals surface area contributed by atoms with Gasteiger partial charge in [-0.05, 0) is 87.2 Å². The van der Waals surface area contributed by atoms with Crippen molar-refractivity contribution in [1.82, 2.24) is 9.80 Å². The van der Waals surface area contributed by atoms with Gasteiger partial charge in [0.15, 0.2) is 0 Å². The second kappa shape index (κ2) is 11.7. The van der Waals surface area contributed by atoms with E-state index in [9.17, 15) is 24.3 Å². The number of nitrogens with zero attached hydrogens (tertiary/aromatic N) is 3. The molecule has 2 aliphatic rings. The van der Waals surface area contributed by atoms with E-state index < -0.39 is 35.4 Å². The molecule has 4 rings (SSSR count). The lowest BCUT2D eigenvalue weighted by Gasteiger charge is -2.34. The van der Waals surface area contributed by atoms with Crippen LogP contribution in [0.25, 0.3) is 11.1 Å². The Balaban J connectivity index is 1.42. The molecule has 2 aliphatic heterocycles. The second-order valence-electron chi connectivity index (χ2n) is 11.0. The first-order chi connectivity index (χ1) is 18.4. The maximum atomic E-state index is 15.1. The second-order valence-corrected chi connectivity index (χ2v) is 11.0. The number of rotatable bonds is 8. The largest absolute Gasteiger partial charge is 0.493 e. The third kappa shape index (κ3) is 6.91. The van der Waals surface area contributed by atoms with Gasteiger partial charge in [-0.3, -0.25) is 9.59 Å². The van der Waals surface area contributed by atoms with Crippen molar-refractivity contribution in [3.05, 3.63) is 53.3 Å². The molecule has 0 bridgehead atoms. The highest BCUT2D eigenvalue weighted by Crippen LogP contribution is 2.30. The van der Waals surface area contributed by atoms with Crippen molar-refractivity contribution in [2.75, 3.05) is 32.8 Å². The van der Waals surface area contributed by atoms with Gasteiger partial charge in [-0.1, -0.05) is 6.07 Å². The number of β-amino-alcohol motifs (C(OH)–C–C–N with tert-alkyl or cyclic N) is 1. The molecule has 2 unspecified atom stereocenters. The Morgan fingerprint density at radius 1 is 1.21 bits per heavy atom. The molecular formula is C29H34F2N4O4. The summed E-state index contributed by atoms with van der Waals surface area (Å²) in [5.74, 6) is -1.44. The molecule has 2 aromatic rings. The third-order valence-corrected chi connectivity index (χ3v) is 7.28. The summed E-state index contributed by atoms with van der Waals surface area (Å²) in [7, 11) is 0. The fraction of sp³-hybridized carbons (Fsp3) is 0.483. The predicted octanol–water partition coefficient (Wildman–Crippen LogP) is 3.26. The zero-order valence-corrected chi connectivity index (χ0v) is 22.2. The van der Waals surface area contributed by atoms with Crippen LogP contribution >= 0.6 is 0 Å². The summed E-state index contributed by atoms with van der Waals surface area (Å²) in [5.41, 5.74) is 5.06. The lowest BCUT2D eigenvalue weighted by atomic mass is 9.96. The Kier molecular flexibility index (Phi) is 8.52. The highest BCUT2D eigenvalue weighted by Gasteiger charge is 2.38. The Bertz CT molecular complexity index is 1260. The van der Waals surface area contributed by atoms with E-state index in [0.717, 1.165) is 30.8 Å². The number of hydrogen-bond donors (Lipinski definition) is 2. The Morgan fingerprint density at radius 3 is 2.54 bits per heavy atom. The standard InChI is InChI=1S/C29H34F2N4O4/c1-29(2,31)17-34-9-7-18(8-10-34)16-39-22-4-6-23(20(11-22)14-32)19-3-5-24(25(30)12-19)28(38)35-15-21(36)13-26(35)27(33)37/h3-6,11-12,18,21,26,36H,7-10,13,15-17H2,1-2H3,(H2,33,37). The summed E-state index contributed by atoms with van der Waals surface area (Å²) in [6.07, 6.45) is 0.909. The predicted molar refractivity (Wildman–Crippen MR) is 141 cm³/mol. The van der Waals surface area contributed by atoms with Crippen molar-refractivity contribution in [3.63, 3.8) is 0 Å². The number of nitriles is 1. The number of halogens is 2. The monoisotopic (exact) mass is 540 g/mol. The zero-order chi connectivity index (χ0) is 28.3. The maximum Gasteiger partial charge on any atom is 0.257 e. The maximum absolute atomic E-state index is 15.1. The smallest absolute Gasteiger partial charge is 0.257 e. The van der Waals surface area contributed by atoms with E-state index in [4.69, 9.17) is 10.5 Å². The molecule has 2 heterocycles. The van der Waals surface area contributed by atoms with Crippen LogP contribution in [-0.4, -0.2) is 77.3 Å². The van der Waals surface area contributed by atoms with Gasteiger partial charge in [0.2, 0.25) is 5.91 Å². The normalized spacial score (nSPS) is 20.6. The summed E-state index contributed by atoms with van der Waals surface area (Å²) in [4.78, 5) is 27.8. The number of piperidine rings is 1. The Hall–Kier alpha value is -3.55. The third-order valence-electron chi connectivity index (χ3n) is 7.28. The van der Waals surface area contributed by atoms with Gasteiger partial charge < -0.3 is 25.4 Å². The zero-order valence-electron chi connectivity index (χ0n) is 22.2. The van der Waals surface area contributed by atoms with Gasteiger partial charge in [-0.15, -0.1) is 0 Å². The summed E-state index contributed by atoms with van der Waals surface area (Å²) in [5, 5.41) is 19.6. The van der Waals surface area contributed by atoms with Gasteiger partial charge in [-0.2, -0.15) is 5.26 Å². The van der Waals surface area contributed by atoms with E-state index in [2.05, 4.69) is 11.0 Å². The topological polar surface area (TPSA) is 120 Å². The lowest BCUT2D eigenvalue weighted by Crippen LogP contribution is -2.44. The number of amides is 2. The number of aliphatic hydroxyl groups excluding tert-OH is 1. The number of benzene rings is 2. The number of aliphatic hydroxyl groups is 1. The highest BCUT2D eigenvalue weighted by atomic mass is 19.1. The van der Waals surface area contributed by atoms with Crippen molar-refractivity contribution >= 4 is 11.8 Å². The Labute approximate surface area is 226 Å². The molecule has 0 aromatic heterocycles. The molecule has 0 radical (unpaired) electrons. The lowest BCUT2D eigenvalue weighted by molar-refractivity contribution is -0.121. The minimum atomic E-state index is -1.22. The van der Waals surface area contributed by atoms with E-state index in [0.29, 0.717) is 41.5 Å². The van der Waals surface area contributed by atoms with E-state index in [1.807, 2.05) is 0 Å². The molecule has 2 aromatic carbocycles. The number of alkyl halides is 1. The van der Waals surface area contributed by atoms with Crippen LogP contribution in [0.4, 0.5) is 8.78 Å². The fourth-order valence-corrected chi connectivity index (χ4v) is 5.33. The van der Waals surface area contributed by atoms with Gasteiger partial charge in [0.1, 0.15) is 23.3 Å². The number of ether oxygens (including phenoxy) is 1. The van der Waals surface area contributed by atoms with E-state index in [1.54, 1.807) is 32.0 Å². The average Bonchev–Trinajstić information content (AvgIpc) is 3.29. The number of nitrogens with two attached hydrogens (primary N) is 1. The molecule has 2 atom stereocenters. The molecule has 39 heavy (non-hydrogen) atoms. The number of primary amides is 1. The summed E-state index contributed by atoms with van der Waals surface area (Å²) in [6.45, 7) is 5.59. The summed E-state index contributed by atoms with van der Waals surface area (Å²) < 4.78 is 34.9. The van der Waals surface area contributed by atoms with E-state index in [-0.39, 0.29) is 18.5 Å². The van der Waals surface area contributed by atoms with Gasteiger partial charge in [0, 0.05) is 19.5 Å². The van der Waals surface area contributed by atoms with Crippen LogP contribution in [0.1, 0.15) is 49.0 Å². The Morgan fingerprint density at radius 2 is 1.92 bits per heavy atom. The summed E-state index contributed by atoms with van der Waals surface area (Å²) in [6, 6.07) is 10.1. The molecule has 0 spiro atoms. The van der Waals surface area contributed by atoms with E-state index in [1.165, 1.54) is 18.2 Å². The van der Waals surface area contributed by atoms with Crippen LogP contribution in [0, 0.1) is 23.1 Å². The van der Waals surface area contributed by atoms with Crippen LogP contribution in [0.2, 0.25) is 0 Å². The van der Waals surface area contributed by atoms with Crippen molar-refractivity contribution in [3.8, 4) is 22.9 Å². The van der Waals surface area contributed by atoms with Gasteiger partial charge in [-0.25, -0.2) is 8.78 Å². The average molecular weight is 541 g/mol. The molecule has 0 aliphatic carbocycles. The van der Waals surface area contributed by atoms with Crippen LogP contribution in [0.3, 0.4) is 0 Å². The van der Waals surface area contributed by atoms with E-state index >= 15 is 4.39 Å². The number of carbonyl (C=O) groups is 2. The number of carbonyl (C=O) groups excluding carboxylic acids is 2. The van der Waals surface area contributed by atoms with Crippen molar-refractivity contribution < 1.29 is 28.2 Å². The van der Waals surface area contributed by atoms with Crippen LogP contribution in [-0.2, 0) is 4.79 Å². The molecule has 10 heteroatoms. The first-order valence-corrected chi connectivity index (χ1v) is 13.1. The molecule has 2 amide bonds. The highest BCUT2D eigenvalue weighted by molar-refractivity contribution is 5.98. The van der Waals surface area contributed by atoms with Gasteiger partial charge in [0.25, 0.3) is 5.91 Å². The minimum Gasteiger partial charge on any atom is -0.493 e. The van der Waals surface area contributed by atoms with Gasteiger partial charge >= 0.3 is 0 Å². The van der Waals surface area contributed by atoms with Crippen molar-refractivity contribution in [2.24, 2.45) is 11.7 Å². The molecule has 208 valence electrons. The van der Waals surface area contributed by atoms with Gasteiger partial charge in [0.05, 0.1) is 29.9 Å². The first kappa shape index (κ1) is 28.5. The van der Waals surface area contributed by atoms with Crippen LogP contribution in [0.5, 0.6) is 5.75 Å².